The summed E-state index contributed by atoms with van der Waals surface area (Å²) >= 11 is 0. The molecule has 0 aromatic heterocycles. The van der Waals surface area contributed by atoms with Crippen molar-refractivity contribution in [3.8, 4) is 0 Å². The van der Waals surface area contributed by atoms with Crippen LogP contribution >= 0.6 is 0 Å². The minimum Gasteiger partial charge on any atom is -0.306 e. The Morgan fingerprint density at radius 1 is 0.441 bits per heavy atom. The molecule has 2 heterocycles. The van der Waals surface area contributed by atoms with Crippen molar-refractivity contribution in [2.75, 3.05) is 40.3 Å². The van der Waals surface area contributed by atoms with Crippen LogP contribution in [0.5, 0.6) is 0 Å². The van der Waals surface area contributed by atoms with Gasteiger partial charge in [-0.1, -0.05) is 96.9 Å². The normalized spacial score (nSPS) is 27.2. The molecule has 0 aromatic carbocycles. The SMILES string of the molecule is CC.CC.CN1CC(CC(C)(C)C)C(CC(C)(C)C(C)(C)CC2CN(C)CC2CC(C)(C)C)C1. The first-order valence-corrected chi connectivity index (χ1v) is 14.8. The second kappa shape index (κ2) is 13.5. The van der Waals surface area contributed by atoms with Crippen LogP contribution in [-0.2, 0) is 0 Å². The second-order valence-electron chi connectivity index (χ2n) is 15.2. The maximum absolute atomic E-state index is 2.59. The number of hydrogen-bond donors (Lipinski definition) is 0. The second-order valence-corrected chi connectivity index (χ2v) is 15.2. The van der Waals surface area contributed by atoms with E-state index in [1.54, 1.807) is 0 Å². The quantitative estimate of drug-likeness (QED) is 0.358. The molecule has 2 fully saturated rings. The van der Waals surface area contributed by atoms with Gasteiger partial charge in [-0.2, -0.15) is 0 Å². The third-order valence-corrected chi connectivity index (χ3v) is 8.64. The summed E-state index contributed by atoms with van der Waals surface area (Å²) in [6.07, 6.45) is 5.47. The van der Waals surface area contributed by atoms with E-state index in [4.69, 9.17) is 0 Å². The predicted molar refractivity (Wildman–Crippen MR) is 157 cm³/mol. The van der Waals surface area contributed by atoms with Gasteiger partial charge >= 0.3 is 0 Å². The van der Waals surface area contributed by atoms with Gasteiger partial charge in [0.2, 0.25) is 0 Å². The Kier molecular flexibility index (Phi) is 13.4. The van der Waals surface area contributed by atoms with Crippen molar-refractivity contribution in [1.82, 2.24) is 9.80 Å². The van der Waals surface area contributed by atoms with E-state index in [0.29, 0.717) is 21.7 Å². The highest BCUT2D eigenvalue weighted by Crippen LogP contribution is 2.52. The first-order valence-electron chi connectivity index (χ1n) is 14.8. The molecule has 2 nitrogen and oxygen atoms in total. The molecular weight excluding hydrogens is 412 g/mol. The van der Waals surface area contributed by atoms with Gasteiger partial charge in [-0.25, -0.2) is 0 Å². The molecule has 2 aliphatic heterocycles. The molecule has 34 heavy (non-hydrogen) atoms. The molecule has 4 unspecified atom stereocenters. The maximum atomic E-state index is 2.59. The van der Waals surface area contributed by atoms with Gasteiger partial charge in [0.15, 0.2) is 0 Å². The van der Waals surface area contributed by atoms with Crippen LogP contribution in [0.25, 0.3) is 0 Å². The van der Waals surface area contributed by atoms with Gasteiger partial charge in [0.25, 0.3) is 0 Å². The topological polar surface area (TPSA) is 6.48 Å². The molecule has 0 bridgehead atoms. The molecule has 2 heteroatoms. The van der Waals surface area contributed by atoms with E-state index < -0.39 is 0 Å². The Labute approximate surface area is 218 Å². The fourth-order valence-electron chi connectivity index (χ4n) is 6.71. The van der Waals surface area contributed by atoms with Crippen LogP contribution in [0.3, 0.4) is 0 Å². The highest BCUT2D eigenvalue weighted by atomic mass is 15.1. The molecule has 0 aliphatic carbocycles. The fourth-order valence-corrected chi connectivity index (χ4v) is 6.71. The van der Waals surface area contributed by atoms with Gasteiger partial charge in [-0.15, -0.1) is 0 Å². The van der Waals surface area contributed by atoms with Crippen molar-refractivity contribution in [3.63, 3.8) is 0 Å². The lowest BCUT2D eigenvalue weighted by atomic mass is 9.58. The van der Waals surface area contributed by atoms with E-state index >= 15 is 0 Å². The summed E-state index contributed by atoms with van der Waals surface area (Å²) in [5.41, 5.74) is 1.60. The molecule has 0 saturated carbocycles. The molecule has 0 spiro atoms. The van der Waals surface area contributed by atoms with Crippen molar-refractivity contribution in [3.05, 3.63) is 0 Å². The van der Waals surface area contributed by atoms with Crippen molar-refractivity contribution in [2.45, 2.75) is 123 Å². The van der Waals surface area contributed by atoms with Crippen LogP contribution in [0.2, 0.25) is 0 Å². The summed E-state index contributed by atoms with van der Waals surface area (Å²) in [6, 6.07) is 0. The van der Waals surface area contributed by atoms with E-state index in [-0.39, 0.29) is 0 Å². The van der Waals surface area contributed by atoms with Crippen molar-refractivity contribution in [1.29, 1.82) is 0 Å². The Balaban J connectivity index is 0.00000258. The number of likely N-dealkylation sites (tertiary alicyclic amines) is 2. The van der Waals surface area contributed by atoms with E-state index in [9.17, 15) is 0 Å². The van der Waals surface area contributed by atoms with Gasteiger partial charge in [0.05, 0.1) is 0 Å². The van der Waals surface area contributed by atoms with Crippen molar-refractivity contribution < 1.29 is 0 Å². The zero-order valence-corrected chi connectivity index (χ0v) is 26.9. The Morgan fingerprint density at radius 2 is 0.647 bits per heavy atom. The Bertz CT molecular complexity index is 498. The lowest BCUT2D eigenvalue weighted by Crippen LogP contribution is -2.39. The average Bonchev–Trinajstić information content (AvgIpc) is 3.15. The fraction of sp³-hybridized carbons (Fsp3) is 1.00. The van der Waals surface area contributed by atoms with Crippen LogP contribution in [0.15, 0.2) is 0 Å². The number of rotatable bonds is 7. The summed E-state index contributed by atoms with van der Waals surface area (Å²) in [5, 5.41) is 0. The molecule has 206 valence electrons. The molecule has 2 rings (SSSR count). The van der Waals surface area contributed by atoms with Crippen LogP contribution < -0.4 is 0 Å². The van der Waals surface area contributed by atoms with Gasteiger partial charge in [-0.05, 0) is 85.1 Å². The van der Waals surface area contributed by atoms with Crippen LogP contribution in [0.4, 0.5) is 0 Å². The van der Waals surface area contributed by atoms with E-state index in [1.165, 1.54) is 51.9 Å². The number of hydrogen-bond acceptors (Lipinski definition) is 2. The van der Waals surface area contributed by atoms with Crippen molar-refractivity contribution >= 4 is 0 Å². The van der Waals surface area contributed by atoms with E-state index in [2.05, 4.69) is 93.1 Å². The minimum atomic E-state index is 0.367. The van der Waals surface area contributed by atoms with E-state index in [0.717, 1.165) is 23.7 Å². The number of nitrogens with zero attached hydrogens (tertiary/aromatic N) is 2. The summed E-state index contributed by atoms with van der Waals surface area (Å²) < 4.78 is 0. The zero-order chi connectivity index (χ0) is 27.1. The summed E-state index contributed by atoms with van der Waals surface area (Å²) in [7, 11) is 4.67. The third-order valence-electron chi connectivity index (χ3n) is 8.64. The molecular formula is C32H68N2. The average molecular weight is 481 g/mol. The van der Waals surface area contributed by atoms with Gasteiger partial charge < -0.3 is 9.80 Å². The summed E-state index contributed by atoms with van der Waals surface area (Å²) in [5.74, 6) is 3.41. The highest BCUT2D eigenvalue weighted by Gasteiger charge is 2.46. The van der Waals surface area contributed by atoms with Crippen molar-refractivity contribution in [2.24, 2.45) is 45.3 Å². The monoisotopic (exact) mass is 481 g/mol. The molecule has 0 N–H and O–H groups in total. The minimum absolute atomic E-state index is 0.367. The largest absolute Gasteiger partial charge is 0.306 e. The summed E-state index contributed by atoms with van der Waals surface area (Å²) in [4.78, 5) is 5.19. The lowest BCUT2D eigenvalue weighted by molar-refractivity contribution is 0.0363. The van der Waals surface area contributed by atoms with E-state index in [1.807, 2.05) is 27.7 Å². The highest BCUT2D eigenvalue weighted by molar-refractivity contribution is 4.96. The Morgan fingerprint density at radius 3 is 0.853 bits per heavy atom. The first-order chi connectivity index (χ1) is 15.4. The molecule has 0 aromatic rings. The van der Waals surface area contributed by atoms with Crippen LogP contribution in [0, 0.1) is 45.3 Å². The molecule has 2 saturated heterocycles. The first kappa shape index (κ1) is 33.9. The summed E-state index contributed by atoms with van der Waals surface area (Å²) in [6.45, 7) is 38.0. The van der Waals surface area contributed by atoms with Gasteiger partial charge in [-0.3, -0.25) is 0 Å². The van der Waals surface area contributed by atoms with Crippen LogP contribution in [0.1, 0.15) is 123 Å². The zero-order valence-electron chi connectivity index (χ0n) is 26.9. The van der Waals surface area contributed by atoms with Gasteiger partial charge in [0.1, 0.15) is 0 Å². The predicted octanol–water partition coefficient (Wildman–Crippen LogP) is 9.10. The van der Waals surface area contributed by atoms with Gasteiger partial charge in [0, 0.05) is 26.2 Å². The molecule has 0 amide bonds. The Hall–Kier alpha value is -0.0800. The molecule has 0 radical (unpaired) electrons. The molecule has 4 atom stereocenters. The lowest BCUT2D eigenvalue weighted by Gasteiger charge is -2.46. The maximum Gasteiger partial charge on any atom is 0.00101 e. The smallest absolute Gasteiger partial charge is 0.00101 e. The third kappa shape index (κ3) is 10.9. The standard InChI is InChI=1S/C28H56N2.2C2H6/c1-25(2,3)13-21-17-29(11)19-23(21)15-27(7,8)28(9,10)16-24-20-30(12)18-22(24)14-26(4,5)6;2*1-2/h21-24H,13-20H2,1-12H3;2*1-2H3. The van der Waals surface area contributed by atoms with Crippen LogP contribution in [-0.4, -0.2) is 50.1 Å². The molecule has 2 aliphatic rings.